The number of hydrogen-bond donors (Lipinski definition) is 2. The summed E-state index contributed by atoms with van der Waals surface area (Å²) < 4.78 is 7.94. The van der Waals surface area contributed by atoms with Crippen molar-refractivity contribution in [3.63, 3.8) is 0 Å². The highest BCUT2D eigenvalue weighted by molar-refractivity contribution is 6.84. The number of aromatic amines is 1. The number of nitrogens with zero attached hydrogens (tertiary/aromatic N) is 2. The quantitative estimate of drug-likeness (QED) is 0.644. The molecular formula is C16H30N4O5Si2. The predicted molar refractivity (Wildman–Crippen MR) is 109 cm³/mol. The van der Waals surface area contributed by atoms with Gasteiger partial charge in [-0.3, -0.25) is 19.9 Å². The molecule has 0 radical (unpaired) electrons. The lowest BCUT2D eigenvalue weighted by Gasteiger charge is -2.37. The third-order valence-electron chi connectivity index (χ3n) is 3.82. The summed E-state index contributed by atoms with van der Waals surface area (Å²) in [5.74, 6) is -0.402. The summed E-state index contributed by atoms with van der Waals surface area (Å²) >= 11 is 0. The fourth-order valence-electron chi connectivity index (χ4n) is 2.98. The van der Waals surface area contributed by atoms with Crippen molar-refractivity contribution in [2.75, 3.05) is 12.7 Å². The van der Waals surface area contributed by atoms with E-state index >= 15 is 0 Å². The molecule has 0 spiro atoms. The molecule has 0 saturated carbocycles. The van der Waals surface area contributed by atoms with Gasteiger partial charge in [0.15, 0.2) is 16.6 Å². The highest BCUT2D eigenvalue weighted by atomic mass is 28.4. The fourth-order valence-corrected chi connectivity index (χ4v) is 11.8. The Balaban J connectivity index is 2.91. The van der Waals surface area contributed by atoms with E-state index in [2.05, 4.69) is 10.3 Å². The van der Waals surface area contributed by atoms with Crippen LogP contribution in [0.4, 0.5) is 4.79 Å². The summed E-state index contributed by atoms with van der Waals surface area (Å²) in [6.07, 6.45) is 2.37. The van der Waals surface area contributed by atoms with Gasteiger partial charge in [-0.05, 0) is 40.0 Å². The van der Waals surface area contributed by atoms with E-state index in [-0.39, 0.29) is 5.56 Å². The number of urea groups is 1. The summed E-state index contributed by atoms with van der Waals surface area (Å²) in [5.41, 5.74) is -0.374. The van der Waals surface area contributed by atoms with E-state index in [0.29, 0.717) is 24.4 Å². The van der Waals surface area contributed by atoms with Gasteiger partial charge in [0.2, 0.25) is 5.91 Å². The Morgan fingerprint density at radius 2 is 1.81 bits per heavy atom. The van der Waals surface area contributed by atoms with E-state index in [4.69, 9.17) is 4.12 Å². The maximum atomic E-state index is 12.1. The van der Waals surface area contributed by atoms with E-state index in [0.717, 1.165) is 0 Å². The standard InChI is InChI=1S/C16H30N4O5Si2/c1-8-19(15(23)17-13(3)21)10-26(4,5)25-27(6,7)11-20-9-12(2)14(22)18-16(20)24/h9H,8,10-11H2,1-7H3,(H,17,21,23)(H,18,22,24). The molecule has 2 N–H and O–H groups in total. The minimum absolute atomic E-state index is 0.388. The smallest absolute Gasteiger partial charge is 0.328 e. The number of nitrogens with one attached hydrogen (secondary N) is 2. The number of aromatic nitrogens is 2. The van der Waals surface area contributed by atoms with Crippen molar-refractivity contribution in [1.82, 2.24) is 19.8 Å². The van der Waals surface area contributed by atoms with Gasteiger partial charge in [-0.2, -0.15) is 0 Å². The molecule has 0 aliphatic heterocycles. The average molecular weight is 415 g/mol. The second kappa shape index (κ2) is 8.80. The van der Waals surface area contributed by atoms with Crippen molar-refractivity contribution >= 4 is 28.6 Å². The molecule has 3 amide bonds. The SMILES string of the molecule is CCN(C[Si](C)(C)O[Si](C)(C)Cn1cc(C)c(=O)[nH]c1=O)C(=O)NC(C)=O. The first-order valence-corrected chi connectivity index (χ1v) is 15.1. The van der Waals surface area contributed by atoms with Crippen molar-refractivity contribution < 1.29 is 13.7 Å². The van der Waals surface area contributed by atoms with Crippen molar-refractivity contribution in [3.8, 4) is 0 Å². The second-order valence-corrected chi connectivity index (χ2v) is 16.3. The monoisotopic (exact) mass is 414 g/mol. The first kappa shape index (κ1) is 23.1. The summed E-state index contributed by atoms with van der Waals surface area (Å²) in [6.45, 7) is 13.3. The van der Waals surface area contributed by atoms with Gasteiger partial charge in [-0.25, -0.2) is 9.59 Å². The highest BCUT2D eigenvalue weighted by Gasteiger charge is 2.36. The number of aryl methyl sites for hydroxylation is 1. The van der Waals surface area contributed by atoms with Gasteiger partial charge in [-0.1, -0.05) is 0 Å². The van der Waals surface area contributed by atoms with Crippen LogP contribution in [0.15, 0.2) is 15.8 Å². The van der Waals surface area contributed by atoms with Gasteiger partial charge in [0.25, 0.3) is 5.56 Å². The highest BCUT2D eigenvalue weighted by Crippen LogP contribution is 2.17. The number of amides is 3. The Kier molecular flexibility index (Phi) is 7.52. The molecule has 152 valence electrons. The molecule has 11 heteroatoms. The van der Waals surface area contributed by atoms with Crippen LogP contribution in [0, 0.1) is 6.92 Å². The maximum Gasteiger partial charge on any atom is 0.328 e. The molecule has 9 nitrogen and oxygen atoms in total. The Morgan fingerprint density at radius 3 is 2.33 bits per heavy atom. The van der Waals surface area contributed by atoms with Crippen molar-refractivity contribution in [1.29, 1.82) is 0 Å². The molecule has 27 heavy (non-hydrogen) atoms. The molecule has 0 aliphatic rings. The van der Waals surface area contributed by atoms with Gasteiger partial charge >= 0.3 is 11.7 Å². The van der Waals surface area contributed by atoms with Crippen LogP contribution in [0.5, 0.6) is 0 Å². The van der Waals surface area contributed by atoms with E-state index in [1.807, 2.05) is 33.1 Å². The Labute approximate surface area is 161 Å². The molecule has 0 aliphatic carbocycles. The number of rotatable bonds is 7. The Bertz CT molecular complexity index is 816. The first-order valence-electron chi connectivity index (χ1n) is 8.83. The fraction of sp³-hybridized carbons (Fsp3) is 0.625. The Hall–Kier alpha value is -1.99. The van der Waals surface area contributed by atoms with Crippen LogP contribution >= 0.6 is 0 Å². The minimum Gasteiger partial charge on any atom is -0.453 e. The summed E-state index contributed by atoms with van der Waals surface area (Å²) in [4.78, 5) is 50.7. The van der Waals surface area contributed by atoms with Gasteiger partial charge in [-0.15, -0.1) is 0 Å². The molecule has 0 saturated heterocycles. The van der Waals surface area contributed by atoms with Crippen LogP contribution in [-0.4, -0.2) is 55.7 Å². The van der Waals surface area contributed by atoms with E-state index in [1.165, 1.54) is 11.5 Å². The van der Waals surface area contributed by atoms with Crippen LogP contribution in [0.25, 0.3) is 0 Å². The zero-order chi connectivity index (χ0) is 21.0. The maximum absolute atomic E-state index is 12.1. The van der Waals surface area contributed by atoms with Crippen LogP contribution in [-0.2, 0) is 15.1 Å². The molecular weight excluding hydrogens is 384 g/mol. The van der Waals surface area contributed by atoms with Gasteiger partial charge in [0.1, 0.15) is 0 Å². The zero-order valence-electron chi connectivity index (χ0n) is 17.1. The third-order valence-corrected chi connectivity index (χ3v) is 10.5. The molecule has 0 fully saturated rings. The average Bonchev–Trinajstić information content (AvgIpc) is 2.48. The van der Waals surface area contributed by atoms with Crippen LogP contribution in [0.2, 0.25) is 26.2 Å². The van der Waals surface area contributed by atoms with Crippen LogP contribution in [0.1, 0.15) is 19.4 Å². The largest absolute Gasteiger partial charge is 0.453 e. The second-order valence-electron chi connectivity index (χ2n) is 7.82. The molecule has 1 heterocycles. The molecule has 0 atom stereocenters. The first-order chi connectivity index (χ1) is 12.3. The molecule has 0 bridgehead atoms. The number of H-pyrrole nitrogens is 1. The number of carbonyl (C=O) groups excluding carboxylic acids is 2. The summed E-state index contributed by atoms with van der Waals surface area (Å²) in [7, 11) is -4.62. The lowest BCUT2D eigenvalue weighted by atomic mass is 10.4. The van der Waals surface area contributed by atoms with Crippen molar-refractivity contribution in [3.05, 3.63) is 32.6 Å². The van der Waals surface area contributed by atoms with Crippen molar-refractivity contribution in [2.24, 2.45) is 0 Å². The number of carbonyl (C=O) groups is 2. The van der Waals surface area contributed by atoms with Crippen LogP contribution < -0.4 is 16.6 Å². The van der Waals surface area contributed by atoms with Gasteiger partial charge in [0, 0.05) is 37.6 Å². The topological polar surface area (TPSA) is 114 Å². The minimum atomic E-state index is -2.32. The molecule has 1 aromatic rings. The predicted octanol–water partition coefficient (Wildman–Crippen LogP) is 0.928. The zero-order valence-corrected chi connectivity index (χ0v) is 19.1. The van der Waals surface area contributed by atoms with Gasteiger partial charge in [0.05, 0.1) is 0 Å². The summed E-state index contributed by atoms with van der Waals surface area (Å²) in [5, 5.41) is 2.28. The van der Waals surface area contributed by atoms with E-state index in [9.17, 15) is 19.2 Å². The lowest BCUT2D eigenvalue weighted by Crippen LogP contribution is -2.56. The lowest BCUT2D eigenvalue weighted by molar-refractivity contribution is -0.118. The van der Waals surface area contributed by atoms with Crippen molar-refractivity contribution in [2.45, 2.75) is 53.1 Å². The van der Waals surface area contributed by atoms with E-state index < -0.39 is 34.3 Å². The molecule has 1 aromatic heterocycles. The van der Waals surface area contributed by atoms with E-state index in [1.54, 1.807) is 18.0 Å². The van der Waals surface area contributed by atoms with Crippen LogP contribution in [0.3, 0.4) is 0 Å². The molecule has 1 rings (SSSR count). The Morgan fingerprint density at radius 1 is 1.22 bits per heavy atom. The molecule has 0 unspecified atom stereocenters. The molecule has 0 aromatic carbocycles. The summed E-state index contributed by atoms with van der Waals surface area (Å²) in [6, 6.07) is -0.430. The third kappa shape index (κ3) is 7.27. The number of imide groups is 1. The number of hydrogen-bond acceptors (Lipinski definition) is 5. The normalized spacial score (nSPS) is 12.0. The van der Waals surface area contributed by atoms with Gasteiger partial charge < -0.3 is 13.6 Å².